The number of carbonyl (C=O) groups is 2. The summed E-state index contributed by atoms with van der Waals surface area (Å²) in [4.78, 5) is 28.3. The molecule has 1 fully saturated rings. The summed E-state index contributed by atoms with van der Waals surface area (Å²) in [6.07, 6.45) is 1.71. The Hall–Kier alpha value is -1.75. The van der Waals surface area contributed by atoms with Crippen molar-refractivity contribution in [2.45, 2.75) is 25.8 Å². The first kappa shape index (κ1) is 16.6. The van der Waals surface area contributed by atoms with Crippen LogP contribution < -0.4 is 0 Å². The van der Waals surface area contributed by atoms with Crippen molar-refractivity contribution in [3.63, 3.8) is 0 Å². The Bertz CT molecular complexity index is 542. The lowest BCUT2D eigenvalue weighted by Gasteiger charge is -2.36. The lowest BCUT2D eigenvalue weighted by molar-refractivity contribution is -0.134. The standard InChI is InChI=1S/C17H23FN2O2/c1-12(17(22)19(2)3)20-10-4-5-14(11-20)16(21)13-6-8-15(18)9-7-13/h6-9,12,14H,4-5,10-11H2,1-3H3/t12-,14-/m0/s1. The fraction of sp³-hybridized carbons (Fsp3) is 0.529. The van der Waals surface area contributed by atoms with Crippen LogP contribution in [0.25, 0.3) is 0 Å². The Morgan fingerprint density at radius 1 is 1.27 bits per heavy atom. The SMILES string of the molecule is C[C@@H](C(=O)N(C)C)N1CCC[C@H](C(=O)c2ccc(F)cc2)C1. The van der Waals surface area contributed by atoms with Crippen LogP contribution in [0, 0.1) is 11.7 Å². The number of halogens is 1. The van der Waals surface area contributed by atoms with Crippen molar-refractivity contribution >= 4 is 11.7 Å². The van der Waals surface area contributed by atoms with E-state index in [0.717, 1.165) is 19.4 Å². The number of piperidine rings is 1. The predicted molar refractivity (Wildman–Crippen MR) is 83.2 cm³/mol. The lowest BCUT2D eigenvalue weighted by atomic mass is 9.89. The summed E-state index contributed by atoms with van der Waals surface area (Å²) in [5.41, 5.74) is 0.542. The highest BCUT2D eigenvalue weighted by molar-refractivity contribution is 5.98. The van der Waals surface area contributed by atoms with Crippen molar-refractivity contribution in [3.8, 4) is 0 Å². The first-order valence-electron chi connectivity index (χ1n) is 7.65. The molecule has 1 amide bonds. The zero-order valence-corrected chi connectivity index (χ0v) is 13.4. The van der Waals surface area contributed by atoms with Gasteiger partial charge in [0.1, 0.15) is 5.82 Å². The van der Waals surface area contributed by atoms with Gasteiger partial charge in [-0.25, -0.2) is 4.39 Å². The lowest BCUT2D eigenvalue weighted by Crippen LogP contribution is -2.49. The van der Waals surface area contributed by atoms with E-state index in [1.165, 1.54) is 24.3 Å². The second-order valence-corrected chi connectivity index (χ2v) is 6.11. The molecule has 22 heavy (non-hydrogen) atoms. The van der Waals surface area contributed by atoms with Crippen LogP contribution in [-0.4, -0.2) is 54.7 Å². The number of Topliss-reactive ketones (excluding diaryl/α,β-unsaturated/α-hetero) is 1. The number of rotatable bonds is 4. The molecular weight excluding hydrogens is 283 g/mol. The van der Waals surface area contributed by atoms with Gasteiger partial charge in [-0.15, -0.1) is 0 Å². The summed E-state index contributed by atoms with van der Waals surface area (Å²) < 4.78 is 13.0. The molecule has 0 N–H and O–H groups in total. The van der Waals surface area contributed by atoms with Gasteiger partial charge >= 0.3 is 0 Å². The molecule has 1 aromatic carbocycles. The summed E-state index contributed by atoms with van der Waals surface area (Å²) >= 11 is 0. The third-order valence-corrected chi connectivity index (χ3v) is 4.30. The van der Waals surface area contributed by atoms with Gasteiger partial charge in [-0.05, 0) is 50.6 Å². The highest BCUT2D eigenvalue weighted by Crippen LogP contribution is 2.23. The van der Waals surface area contributed by atoms with Gasteiger partial charge in [-0.2, -0.15) is 0 Å². The van der Waals surface area contributed by atoms with E-state index in [2.05, 4.69) is 4.90 Å². The molecule has 4 nitrogen and oxygen atoms in total. The Balaban J connectivity index is 2.05. The maximum absolute atomic E-state index is 13.0. The van der Waals surface area contributed by atoms with Crippen LogP contribution in [-0.2, 0) is 4.79 Å². The van der Waals surface area contributed by atoms with Gasteiger partial charge in [-0.1, -0.05) is 0 Å². The van der Waals surface area contributed by atoms with Crippen LogP contribution in [0.5, 0.6) is 0 Å². The number of carbonyl (C=O) groups excluding carboxylic acids is 2. The topological polar surface area (TPSA) is 40.6 Å². The smallest absolute Gasteiger partial charge is 0.239 e. The number of likely N-dealkylation sites (tertiary alicyclic amines) is 1. The van der Waals surface area contributed by atoms with Crippen molar-refractivity contribution in [2.24, 2.45) is 5.92 Å². The molecule has 0 radical (unpaired) electrons. The fourth-order valence-electron chi connectivity index (χ4n) is 2.95. The number of hydrogen-bond donors (Lipinski definition) is 0. The second-order valence-electron chi connectivity index (χ2n) is 6.11. The van der Waals surface area contributed by atoms with Gasteiger partial charge in [0.2, 0.25) is 5.91 Å². The Labute approximate surface area is 130 Å². The molecular formula is C17H23FN2O2. The number of ketones is 1. The van der Waals surface area contributed by atoms with Crippen LogP contribution in [0.2, 0.25) is 0 Å². The van der Waals surface area contributed by atoms with E-state index in [1.807, 2.05) is 6.92 Å². The fourth-order valence-corrected chi connectivity index (χ4v) is 2.95. The second kappa shape index (κ2) is 7.01. The van der Waals surface area contributed by atoms with E-state index in [9.17, 15) is 14.0 Å². The van der Waals surface area contributed by atoms with E-state index >= 15 is 0 Å². The molecule has 0 bridgehead atoms. The zero-order chi connectivity index (χ0) is 16.3. The van der Waals surface area contributed by atoms with E-state index in [0.29, 0.717) is 12.1 Å². The molecule has 0 saturated carbocycles. The molecule has 1 aliphatic rings. The molecule has 0 aromatic heterocycles. The predicted octanol–water partition coefficient (Wildman–Crippen LogP) is 2.20. The van der Waals surface area contributed by atoms with Crippen molar-refractivity contribution in [1.29, 1.82) is 0 Å². The normalized spacial score (nSPS) is 20.5. The summed E-state index contributed by atoms with van der Waals surface area (Å²) in [7, 11) is 3.48. The number of benzene rings is 1. The molecule has 2 atom stereocenters. The maximum atomic E-state index is 13.0. The van der Waals surface area contributed by atoms with Gasteiger partial charge in [0.15, 0.2) is 5.78 Å². The molecule has 120 valence electrons. The van der Waals surface area contributed by atoms with E-state index in [4.69, 9.17) is 0 Å². The van der Waals surface area contributed by atoms with Crippen molar-refractivity contribution in [2.75, 3.05) is 27.2 Å². The minimum absolute atomic E-state index is 0.0363. The molecule has 0 unspecified atom stereocenters. The third-order valence-electron chi connectivity index (χ3n) is 4.30. The van der Waals surface area contributed by atoms with Crippen LogP contribution in [0.4, 0.5) is 4.39 Å². The minimum atomic E-state index is -0.341. The minimum Gasteiger partial charge on any atom is -0.347 e. The Morgan fingerprint density at radius 3 is 2.50 bits per heavy atom. The number of likely N-dealkylation sites (N-methyl/N-ethyl adjacent to an activating group) is 1. The highest BCUT2D eigenvalue weighted by Gasteiger charge is 2.31. The monoisotopic (exact) mass is 306 g/mol. The van der Waals surface area contributed by atoms with E-state index < -0.39 is 0 Å². The van der Waals surface area contributed by atoms with E-state index in [1.54, 1.807) is 19.0 Å². The Kier molecular flexibility index (Phi) is 5.29. The quantitative estimate of drug-likeness (QED) is 0.801. The molecule has 1 aromatic rings. The van der Waals surface area contributed by atoms with Gasteiger partial charge < -0.3 is 4.90 Å². The van der Waals surface area contributed by atoms with Crippen molar-refractivity contribution in [1.82, 2.24) is 9.80 Å². The molecule has 1 saturated heterocycles. The van der Waals surface area contributed by atoms with Crippen LogP contribution >= 0.6 is 0 Å². The highest BCUT2D eigenvalue weighted by atomic mass is 19.1. The largest absolute Gasteiger partial charge is 0.347 e. The first-order valence-corrected chi connectivity index (χ1v) is 7.65. The van der Waals surface area contributed by atoms with E-state index in [-0.39, 0.29) is 29.5 Å². The Morgan fingerprint density at radius 2 is 1.91 bits per heavy atom. The molecule has 2 rings (SSSR count). The van der Waals surface area contributed by atoms with Crippen LogP contribution in [0.1, 0.15) is 30.1 Å². The van der Waals surface area contributed by atoms with Crippen LogP contribution in [0.15, 0.2) is 24.3 Å². The number of nitrogens with zero attached hydrogens (tertiary/aromatic N) is 2. The summed E-state index contributed by atoms with van der Waals surface area (Å²) in [6.45, 7) is 3.29. The number of amides is 1. The van der Waals surface area contributed by atoms with Crippen LogP contribution in [0.3, 0.4) is 0 Å². The molecule has 1 aliphatic heterocycles. The number of hydrogen-bond acceptors (Lipinski definition) is 3. The molecule has 0 aliphatic carbocycles. The first-order chi connectivity index (χ1) is 10.4. The zero-order valence-electron chi connectivity index (χ0n) is 13.4. The summed E-state index contributed by atoms with van der Waals surface area (Å²) in [6, 6.07) is 5.47. The molecule has 0 spiro atoms. The van der Waals surface area contributed by atoms with Crippen molar-refractivity contribution in [3.05, 3.63) is 35.6 Å². The summed E-state index contributed by atoms with van der Waals surface area (Å²) in [5, 5.41) is 0. The van der Waals surface area contributed by atoms with Gasteiger partial charge in [0.05, 0.1) is 6.04 Å². The third kappa shape index (κ3) is 3.71. The summed E-state index contributed by atoms with van der Waals surface area (Å²) in [5.74, 6) is -0.382. The molecule has 5 heteroatoms. The van der Waals surface area contributed by atoms with Gasteiger partial charge in [-0.3, -0.25) is 14.5 Å². The van der Waals surface area contributed by atoms with Gasteiger partial charge in [0.25, 0.3) is 0 Å². The maximum Gasteiger partial charge on any atom is 0.239 e. The van der Waals surface area contributed by atoms with Gasteiger partial charge in [0, 0.05) is 32.1 Å². The molecule has 1 heterocycles. The van der Waals surface area contributed by atoms with Crippen molar-refractivity contribution < 1.29 is 14.0 Å². The average Bonchev–Trinajstić information content (AvgIpc) is 2.53. The average molecular weight is 306 g/mol.